The number of nitrogens with one attached hydrogen (secondary N) is 1. The summed E-state index contributed by atoms with van der Waals surface area (Å²) in [5.74, 6) is 1.76. The van der Waals surface area contributed by atoms with Crippen LogP contribution in [-0.2, 0) is 0 Å². The lowest BCUT2D eigenvalue weighted by molar-refractivity contribution is 0.402. The van der Waals surface area contributed by atoms with Crippen LogP contribution in [0.4, 0.5) is 0 Å². The van der Waals surface area contributed by atoms with Crippen LogP contribution in [0.5, 0.6) is 5.75 Å². The molecule has 2 aromatic rings. The van der Waals surface area contributed by atoms with Gasteiger partial charge in [-0.05, 0) is 27.0 Å². The average molecular weight is 219 g/mol. The Labute approximate surface area is 95.4 Å². The second-order valence-electron chi connectivity index (χ2n) is 3.94. The zero-order chi connectivity index (χ0) is 11.7. The van der Waals surface area contributed by atoms with Gasteiger partial charge in [0.2, 0.25) is 0 Å². The van der Waals surface area contributed by atoms with Crippen LogP contribution in [0, 0.1) is 6.92 Å². The maximum Gasteiger partial charge on any atom is 0.176 e. The lowest BCUT2D eigenvalue weighted by atomic mass is 10.1. The van der Waals surface area contributed by atoms with E-state index >= 15 is 0 Å². The number of hydrogen-bond donors (Lipinski definition) is 1. The van der Waals surface area contributed by atoms with Crippen LogP contribution in [0.25, 0.3) is 11.0 Å². The second kappa shape index (κ2) is 4.18. The van der Waals surface area contributed by atoms with Crippen molar-refractivity contribution >= 4 is 11.0 Å². The lowest BCUT2D eigenvalue weighted by Crippen LogP contribution is -2.12. The molecule has 2 rings (SSSR count). The molecule has 0 fully saturated rings. The van der Waals surface area contributed by atoms with E-state index in [1.807, 2.05) is 19.2 Å². The Morgan fingerprint density at radius 1 is 1.38 bits per heavy atom. The van der Waals surface area contributed by atoms with Gasteiger partial charge in [-0.25, -0.2) is 0 Å². The summed E-state index contributed by atoms with van der Waals surface area (Å²) < 4.78 is 11.2. The predicted molar refractivity (Wildman–Crippen MR) is 65.0 cm³/mol. The first-order valence-electron chi connectivity index (χ1n) is 5.42. The van der Waals surface area contributed by atoms with Crippen molar-refractivity contribution in [1.82, 2.24) is 5.32 Å². The second-order valence-corrected chi connectivity index (χ2v) is 3.94. The average Bonchev–Trinajstić information content (AvgIpc) is 2.66. The Balaban J connectivity index is 2.67. The molecule has 0 aliphatic heterocycles. The Hall–Kier alpha value is -1.48. The number of para-hydroxylation sites is 1. The van der Waals surface area contributed by atoms with Gasteiger partial charge in [-0.15, -0.1) is 0 Å². The molecule has 86 valence electrons. The van der Waals surface area contributed by atoms with Crippen molar-refractivity contribution in [3.63, 3.8) is 0 Å². The number of methoxy groups -OCH3 is 1. The lowest BCUT2D eigenvalue weighted by Gasteiger charge is -2.06. The highest BCUT2D eigenvalue weighted by atomic mass is 16.5. The Morgan fingerprint density at radius 3 is 2.75 bits per heavy atom. The molecule has 0 aliphatic rings. The molecule has 0 aliphatic carbocycles. The van der Waals surface area contributed by atoms with E-state index in [-0.39, 0.29) is 6.04 Å². The molecule has 0 radical (unpaired) electrons. The first kappa shape index (κ1) is 11.0. The van der Waals surface area contributed by atoms with Crippen LogP contribution in [0.15, 0.2) is 22.6 Å². The van der Waals surface area contributed by atoms with Crippen LogP contribution in [0.3, 0.4) is 0 Å². The number of furan rings is 1. The minimum Gasteiger partial charge on any atom is -0.493 e. The van der Waals surface area contributed by atoms with Gasteiger partial charge in [-0.3, -0.25) is 0 Å². The molecule has 0 spiro atoms. The monoisotopic (exact) mass is 219 g/mol. The fraction of sp³-hybridized carbons (Fsp3) is 0.385. The van der Waals surface area contributed by atoms with Gasteiger partial charge in [0.1, 0.15) is 5.76 Å². The van der Waals surface area contributed by atoms with Crippen molar-refractivity contribution in [2.24, 2.45) is 0 Å². The van der Waals surface area contributed by atoms with Crippen LogP contribution in [0.1, 0.15) is 24.3 Å². The molecular formula is C13H17NO2. The Kier molecular flexibility index (Phi) is 2.88. The molecule has 0 saturated carbocycles. The van der Waals surface area contributed by atoms with Gasteiger partial charge in [0.25, 0.3) is 0 Å². The largest absolute Gasteiger partial charge is 0.493 e. The number of benzene rings is 1. The highest BCUT2D eigenvalue weighted by Crippen LogP contribution is 2.34. The first-order chi connectivity index (χ1) is 7.69. The summed E-state index contributed by atoms with van der Waals surface area (Å²) >= 11 is 0. The summed E-state index contributed by atoms with van der Waals surface area (Å²) in [6.45, 7) is 4.16. The van der Waals surface area contributed by atoms with E-state index in [1.54, 1.807) is 7.11 Å². The topological polar surface area (TPSA) is 34.4 Å². The summed E-state index contributed by atoms with van der Waals surface area (Å²) in [7, 11) is 3.59. The van der Waals surface area contributed by atoms with E-state index in [9.17, 15) is 0 Å². The van der Waals surface area contributed by atoms with Crippen molar-refractivity contribution in [2.75, 3.05) is 14.2 Å². The molecule has 1 unspecified atom stereocenters. The number of fused-ring (bicyclic) bond motifs is 1. The van der Waals surface area contributed by atoms with Gasteiger partial charge in [0.05, 0.1) is 13.2 Å². The zero-order valence-corrected chi connectivity index (χ0v) is 10.1. The fourth-order valence-electron chi connectivity index (χ4n) is 1.94. The Bertz CT molecular complexity index is 502. The van der Waals surface area contributed by atoms with Gasteiger partial charge in [0, 0.05) is 10.9 Å². The standard InChI is InChI=1S/C13H17NO2/c1-8-10-6-5-7-11(15-4)13(10)16-12(8)9(2)14-3/h5-7,9,14H,1-4H3. The molecule has 16 heavy (non-hydrogen) atoms. The molecule has 1 heterocycles. The maximum atomic E-state index is 5.89. The van der Waals surface area contributed by atoms with Crippen LogP contribution in [-0.4, -0.2) is 14.2 Å². The van der Waals surface area contributed by atoms with E-state index in [2.05, 4.69) is 25.2 Å². The summed E-state index contributed by atoms with van der Waals surface area (Å²) in [6, 6.07) is 6.16. The Morgan fingerprint density at radius 2 is 2.12 bits per heavy atom. The smallest absolute Gasteiger partial charge is 0.176 e. The van der Waals surface area contributed by atoms with Crippen molar-refractivity contribution in [2.45, 2.75) is 19.9 Å². The summed E-state index contributed by atoms with van der Waals surface area (Å²) in [5, 5.41) is 4.31. The van der Waals surface area contributed by atoms with Gasteiger partial charge in [-0.1, -0.05) is 12.1 Å². The van der Waals surface area contributed by atoms with Gasteiger partial charge >= 0.3 is 0 Å². The number of rotatable bonds is 3. The fourth-order valence-corrected chi connectivity index (χ4v) is 1.94. The molecule has 3 nitrogen and oxygen atoms in total. The summed E-state index contributed by atoms with van der Waals surface area (Å²) in [4.78, 5) is 0. The van der Waals surface area contributed by atoms with Crippen LogP contribution in [0.2, 0.25) is 0 Å². The third kappa shape index (κ3) is 1.57. The molecule has 1 N–H and O–H groups in total. The number of hydrogen-bond acceptors (Lipinski definition) is 3. The maximum absolute atomic E-state index is 5.89. The highest BCUT2D eigenvalue weighted by Gasteiger charge is 2.17. The van der Waals surface area contributed by atoms with E-state index in [1.165, 1.54) is 5.56 Å². The van der Waals surface area contributed by atoms with E-state index in [4.69, 9.17) is 9.15 Å². The van der Waals surface area contributed by atoms with Gasteiger partial charge < -0.3 is 14.5 Å². The molecule has 3 heteroatoms. The van der Waals surface area contributed by atoms with E-state index < -0.39 is 0 Å². The third-order valence-electron chi connectivity index (χ3n) is 3.01. The highest BCUT2D eigenvalue weighted by molar-refractivity contribution is 5.87. The molecule has 0 bridgehead atoms. The van der Waals surface area contributed by atoms with Gasteiger partial charge in [0.15, 0.2) is 11.3 Å². The summed E-state index contributed by atoms with van der Waals surface area (Å²) in [5.41, 5.74) is 2.01. The quantitative estimate of drug-likeness (QED) is 0.861. The van der Waals surface area contributed by atoms with Crippen molar-refractivity contribution in [1.29, 1.82) is 0 Å². The minimum absolute atomic E-state index is 0.206. The van der Waals surface area contributed by atoms with Gasteiger partial charge in [-0.2, -0.15) is 0 Å². The van der Waals surface area contributed by atoms with E-state index in [0.717, 1.165) is 22.5 Å². The minimum atomic E-state index is 0.206. The SMILES string of the molecule is CNC(C)c1oc2c(OC)cccc2c1C. The number of ether oxygens (including phenoxy) is 1. The van der Waals surface area contributed by atoms with Crippen molar-refractivity contribution < 1.29 is 9.15 Å². The molecule has 0 saturated heterocycles. The normalized spacial score (nSPS) is 13.0. The van der Waals surface area contributed by atoms with Crippen LogP contribution < -0.4 is 10.1 Å². The zero-order valence-electron chi connectivity index (χ0n) is 10.1. The number of aryl methyl sites for hydroxylation is 1. The molecule has 1 aromatic heterocycles. The predicted octanol–water partition coefficient (Wildman–Crippen LogP) is 3.03. The molecular weight excluding hydrogens is 202 g/mol. The molecule has 1 atom stereocenters. The summed E-state index contributed by atoms with van der Waals surface area (Å²) in [6.07, 6.45) is 0. The third-order valence-corrected chi connectivity index (χ3v) is 3.01. The van der Waals surface area contributed by atoms with Crippen molar-refractivity contribution in [3.8, 4) is 5.75 Å². The molecule has 1 aromatic carbocycles. The van der Waals surface area contributed by atoms with Crippen molar-refractivity contribution in [3.05, 3.63) is 29.5 Å². The van der Waals surface area contributed by atoms with E-state index in [0.29, 0.717) is 0 Å². The first-order valence-corrected chi connectivity index (χ1v) is 5.42. The molecule has 0 amide bonds. The van der Waals surface area contributed by atoms with Crippen LogP contribution >= 0.6 is 0 Å².